The van der Waals surface area contributed by atoms with E-state index in [1.807, 2.05) is 30.3 Å². The van der Waals surface area contributed by atoms with Gasteiger partial charge in [0.1, 0.15) is 18.0 Å². The maximum Gasteiger partial charge on any atom is 0.323 e. The van der Waals surface area contributed by atoms with Crippen LogP contribution in [0.3, 0.4) is 0 Å². The number of carbonyl (C=O) groups is 1. The first kappa shape index (κ1) is 16.6. The first-order valence-electron chi connectivity index (χ1n) is 7.72. The lowest BCUT2D eigenvalue weighted by atomic mass is 9.97. The number of aryl methyl sites for hydroxylation is 1. The van der Waals surface area contributed by atoms with E-state index in [-0.39, 0.29) is 16.9 Å². The van der Waals surface area contributed by atoms with Gasteiger partial charge in [-0.25, -0.2) is 0 Å². The van der Waals surface area contributed by atoms with Crippen LogP contribution in [0.4, 0.5) is 0 Å². The van der Waals surface area contributed by atoms with Gasteiger partial charge in [-0.2, -0.15) is 0 Å². The molecule has 3 aromatic rings. The summed E-state index contributed by atoms with van der Waals surface area (Å²) in [5.74, 6) is -1.62. The number of hydrogen-bond acceptors (Lipinski definition) is 4. The second kappa shape index (κ2) is 6.32. The Morgan fingerprint density at radius 1 is 1.08 bits per heavy atom. The van der Waals surface area contributed by atoms with Crippen LogP contribution in [0, 0.1) is 6.92 Å². The van der Waals surface area contributed by atoms with Crippen molar-refractivity contribution >= 4 is 16.7 Å². The molecule has 0 saturated heterocycles. The molecule has 0 spiro atoms. The predicted molar refractivity (Wildman–Crippen MR) is 93.2 cm³/mol. The standard InChI is InChI=1S/C19H17NO5/c1-11-7-14-13(8-12-5-3-2-4-6-12)15(21)9-16(22)18(14)19(25)20(11)10-17(23)24/h2-7,9,21-22H,8,10H2,1H3,(H,23,24). The average molecular weight is 339 g/mol. The van der Waals surface area contributed by atoms with E-state index in [1.165, 1.54) is 0 Å². The Labute approximate surface area is 143 Å². The molecular weight excluding hydrogens is 322 g/mol. The number of nitrogens with zero attached hydrogens (tertiary/aromatic N) is 1. The van der Waals surface area contributed by atoms with Crippen LogP contribution in [0.2, 0.25) is 0 Å². The quantitative estimate of drug-likeness (QED) is 0.678. The molecule has 0 radical (unpaired) electrons. The van der Waals surface area contributed by atoms with Gasteiger partial charge in [0.15, 0.2) is 0 Å². The van der Waals surface area contributed by atoms with E-state index < -0.39 is 18.1 Å². The molecule has 0 unspecified atom stereocenters. The third kappa shape index (κ3) is 3.06. The fraction of sp³-hybridized carbons (Fsp3) is 0.158. The lowest BCUT2D eigenvalue weighted by Crippen LogP contribution is -2.26. The number of aromatic nitrogens is 1. The SMILES string of the molecule is Cc1cc2c(Cc3ccccc3)c(O)cc(O)c2c(=O)n1CC(=O)O. The van der Waals surface area contributed by atoms with E-state index >= 15 is 0 Å². The number of rotatable bonds is 4. The number of carboxylic acids is 1. The monoisotopic (exact) mass is 339 g/mol. The van der Waals surface area contributed by atoms with Gasteiger partial charge in [-0.3, -0.25) is 9.59 Å². The summed E-state index contributed by atoms with van der Waals surface area (Å²) in [4.78, 5) is 23.7. The van der Waals surface area contributed by atoms with E-state index in [4.69, 9.17) is 5.11 Å². The van der Waals surface area contributed by atoms with E-state index in [0.717, 1.165) is 16.2 Å². The first-order chi connectivity index (χ1) is 11.9. The minimum atomic E-state index is -1.15. The summed E-state index contributed by atoms with van der Waals surface area (Å²) in [7, 11) is 0. The number of aliphatic carboxylic acids is 1. The molecule has 3 N–H and O–H groups in total. The Bertz CT molecular complexity index is 1020. The second-order valence-electron chi connectivity index (χ2n) is 5.92. The maximum absolute atomic E-state index is 12.7. The molecule has 1 aromatic heterocycles. The third-order valence-corrected chi connectivity index (χ3v) is 4.19. The van der Waals surface area contributed by atoms with Crippen molar-refractivity contribution in [2.45, 2.75) is 19.9 Å². The maximum atomic E-state index is 12.7. The van der Waals surface area contributed by atoms with E-state index in [2.05, 4.69) is 0 Å². The Balaban J connectivity index is 2.28. The van der Waals surface area contributed by atoms with Crippen LogP contribution in [0.25, 0.3) is 10.8 Å². The van der Waals surface area contributed by atoms with E-state index in [1.54, 1.807) is 13.0 Å². The molecule has 128 valence electrons. The number of pyridine rings is 1. The second-order valence-corrected chi connectivity index (χ2v) is 5.92. The Kier molecular flexibility index (Phi) is 4.19. The molecule has 0 saturated carbocycles. The minimum Gasteiger partial charge on any atom is -0.507 e. The van der Waals surface area contributed by atoms with Gasteiger partial charge >= 0.3 is 5.97 Å². The van der Waals surface area contributed by atoms with Crippen molar-refractivity contribution in [3.8, 4) is 11.5 Å². The van der Waals surface area contributed by atoms with E-state index in [9.17, 15) is 19.8 Å². The van der Waals surface area contributed by atoms with Gasteiger partial charge in [0.25, 0.3) is 5.56 Å². The van der Waals surface area contributed by atoms with Crippen molar-refractivity contribution in [2.24, 2.45) is 0 Å². The van der Waals surface area contributed by atoms with Gasteiger partial charge < -0.3 is 19.9 Å². The minimum absolute atomic E-state index is 0.00980. The van der Waals surface area contributed by atoms with Gasteiger partial charge in [-0.05, 0) is 23.9 Å². The Morgan fingerprint density at radius 2 is 1.76 bits per heavy atom. The zero-order valence-electron chi connectivity index (χ0n) is 13.6. The molecule has 0 atom stereocenters. The van der Waals surface area contributed by atoms with Gasteiger partial charge in [0.05, 0.1) is 5.39 Å². The largest absolute Gasteiger partial charge is 0.507 e. The van der Waals surface area contributed by atoms with Crippen molar-refractivity contribution in [3.63, 3.8) is 0 Å². The molecule has 3 rings (SSSR count). The number of aromatic hydroxyl groups is 2. The van der Waals surface area contributed by atoms with Gasteiger partial charge in [-0.15, -0.1) is 0 Å². The first-order valence-corrected chi connectivity index (χ1v) is 7.72. The molecular formula is C19H17NO5. The molecule has 1 heterocycles. The molecule has 0 aliphatic heterocycles. The van der Waals surface area contributed by atoms with Gasteiger partial charge in [0, 0.05) is 23.7 Å². The summed E-state index contributed by atoms with van der Waals surface area (Å²) < 4.78 is 1.09. The zero-order chi connectivity index (χ0) is 18.1. The molecule has 0 aliphatic carbocycles. The Hall–Kier alpha value is -3.28. The van der Waals surface area contributed by atoms with Crippen LogP contribution in [0.1, 0.15) is 16.8 Å². The third-order valence-electron chi connectivity index (χ3n) is 4.19. The predicted octanol–water partition coefficient (Wildman–Crippen LogP) is 2.40. The Morgan fingerprint density at radius 3 is 2.40 bits per heavy atom. The zero-order valence-corrected chi connectivity index (χ0v) is 13.6. The van der Waals surface area contributed by atoms with Crippen LogP contribution in [-0.4, -0.2) is 25.9 Å². The lowest BCUT2D eigenvalue weighted by Gasteiger charge is -2.15. The van der Waals surface area contributed by atoms with Crippen LogP contribution in [0.5, 0.6) is 11.5 Å². The highest BCUT2D eigenvalue weighted by molar-refractivity contribution is 5.92. The summed E-state index contributed by atoms with van der Waals surface area (Å²) in [5, 5.41) is 29.9. The fourth-order valence-corrected chi connectivity index (χ4v) is 3.00. The van der Waals surface area contributed by atoms with Crippen molar-refractivity contribution in [3.05, 3.63) is 69.6 Å². The highest BCUT2D eigenvalue weighted by Gasteiger charge is 2.18. The number of hydrogen-bond donors (Lipinski definition) is 3. The van der Waals surface area contributed by atoms with Crippen LogP contribution in [0.15, 0.2) is 47.3 Å². The average Bonchev–Trinajstić information content (AvgIpc) is 2.55. The van der Waals surface area contributed by atoms with Gasteiger partial charge in [-0.1, -0.05) is 30.3 Å². The summed E-state index contributed by atoms with van der Waals surface area (Å²) in [6, 6.07) is 12.2. The van der Waals surface area contributed by atoms with Crippen LogP contribution in [-0.2, 0) is 17.8 Å². The molecule has 0 amide bonds. The summed E-state index contributed by atoms with van der Waals surface area (Å²) in [5.41, 5.74) is 1.31. The normalized spacial score (nSPS) is 10.9. The highest BCUT2D eigenvalue weighted by Crippen LogP contribution is 2.34. The van der Waals surface area contributed by atoms with Crippen LogP contribution >= 0.6 is 0 Å². The van der Waals surface area contributed by atoms with Gasteiger partial charge in [0.2, 0.25) is 0 Å². The number of carboxylic acid groups (broad SMARTS) is 1. The van der Waals surface area contributed by atoms with Crippen molar-refractivity contribution in [1.29, 1.82) is 0 Å². The molecule has 25 heavy (non-hydrogen) atoms. The van der Waals surface area contributed by atoms with E-state index in [0.29, 0.717) is 23.1 Å². The number of benzene rings is 2. The summed E-state index contributed by atoms with van der Waals surface area (Å²) in [6.45, 7) is 1.13. The smallest absolute Gasteiger partial charge is 0.323 e. The lowest BCUT2D eigenvalue weighted by molar-refractivity contribution is -0.137. The summed E-state index contributed by atoms with van der Waals surface area (Å²) >= 11 is 0. The molecule has 0 fully saturated rings. The van der Waals surface area contributed by atoms with Crippen molar-refractivity contribution in [1.82, 2.24) is 4.57 Å². The van der Waals surface area contributed by atoms with Crippen molar-refractivity contribution in [2.75, 3.05) is 0 Å². The topological polar surface area (TPSA) is 99.8 Å². The fourth-order valence-electron chi connectivity index (χ4n) is 3.00. The van der Waals surface area contributed by atoms with Crippen LogP contribution < -0.4 is 5.56 Å². The summed E-state index contributed by atoms with van der Waals surface area (Å²) in [6.07, 6.45) is 0.380. The highest BCUT2D eigenvalue weighted by atomic mass is 16.4. The van der Waals surface area contributed by atoms with Crippen molar-refractivity contribution < 1.29 is 20.1 Å². The molecule has 0 bridgehead atoms. The number of phenolic OH excluding ortho intramolecular Hbond substituents is 2. The number of phenols is 2. The molecule has 6 heteroatoms. The molecule has 6 nitrogen and oxygen atoms in total. The number of fused-ring (bicyclic) bond motifs is 1. The molecule has 2 aromatic carbocycles. The molecule has 0 aliphatic rings.